The summed E-state index contributed by atoms with van der Waals surface area (Å²) in [7, 11) is 0. The van der Waals surface area contributed by atoms with E-state index in [1.54, 1.807) is 40.9 Å². The number of carbonyl (C=O) groups excluding carboxylic acids is 1. The van der Waals surface area contributed by atoms with Crippen molar-refractivity contribution in [2.45, 2.75) is 0 Å². The highest BCUT2D eigenvalue weighted by molar-refractivity contribution is 6.03. The van der Waals surface area contributed by atoms with Gasteiger partial charge in [-0.25, -0.2) is 4.52 Å². The van der Waals surface area contributed by atoms with E-state index in [2.05, 4.69) is 15.4 Å². The molecule has 2 aromatic carbocycles. The van der Waals surface area contributed by atoms with Gasteiger partial charge in [0.2, 0.25) is 5.95 Å². The fourth-order valence-corrected chi connectivity index (χ4v) is 2.52. The van der Waals surface area contributed by atoms with Crippen molar-refractivity contribution in [2.75, 3.05) is 5.32 Å². The second-order valence-corrected chi connectivity index (χ2v) is 5.52. The average molecular weight is 330 g/mol. The van der Waals surface area contributed by atoms with Gasteiger partial charge in [0.05, 0.1) is 0 Å². The predicted molar refractivity (Wildman–Crippen MR) is 94.5 cm³/mol. The van der Waals surface area contributed by atoms with Gasteiger partial charge < -0.3 is 5.11 Å². The highest BCUT2D eigenvalue weighted by Gasteiger charge is 2.10. The molecule has 4 rings (SSSR count). The number of carbonyl (C=O) groups is 1. The molecule has 0 fully saturated rings. The molecule has 0 bridgehead atoms. The van der Waals surface area contributed by atoms with Crippen LogP contribution < -0.4 is 5.32 Å². The fourth-order valence-electron chi connectivity index (χ4n) is 2.52. The first kappa shape index (κ1) is 14.9. The molecule has 4 aromatic rings. The lowest BCUT2D eigenvalue weighted by Gasteiger charge is -2.02. The quantitative estimate of drug-likeness (QED) is 0.604. The third-order valence-corrected chi connectivity index (χ3v) is 3.79. The van der Waals surface area contributed by atoms with Crippen molar-refractivity contribution in [3.8, 4) is 16.9 Å². The number of phenolic OH excluding ortho intramolecular Hbond substituents is 1. The maximum atomic E-state index is 12.2. The highest BCUT2D eigenvalue weighted by Crippen LogP contribution is 2.22. The number of amides is 1. The van der Waals surface area contributed by atoms with Gasteiger partial charge in [-0.15, -0.1) is 5.10 Å². The number of aromatic hydroxyl groups is 1. The largest absolute Gasteiger partial charge is 0.508 e. The monoisotopic (exact) mass is 330 g/mol. The molecule has 0 aliphatic heterocycles. The van der Waals surface area contributed by atoms with Crippen LogP contribution in [0.5, 0.6) is 5.75 Å². The Hall–Kier alpha value is -3.67. The van der Waals surface area contributed by atoms with E-state index in [0.717, 1.165) is 11.1 Å². The van der Waals surface area contributed by atoms with E-state index in [-0.39, 0.29) is 17.6 Å². The number of pyridine rings is 1. The Labute approximate surface area is 143 Å². The zero-order valence-electron chi connectivity index (χ0n) is 13.1. The second-order valence-electron chi connectivity index (χ2n) is 5.52. The van der Waals surface area contributed by atoms with Crippen LogP contribution in [0.4, 0.5) is 5.95 Å². The van der Waals surface area contributed by atoms with Crippen LogP contribution in [0.1, 0.15) is 10.4 Å². The van der Waals surface area contributed by atoms with Gasteiger partial charge in [-0.05, 0) is 42.0 Å². The molecule has 0 radical (unpaired) electrons. The second kappa shape index (κ2) is 6.09. The van der Waals surface area contributed by atoms with Gasteiger partial charge >= 0.3 is 0 Å². The number of benzene rings is 2. The lowest BCUT2D eigenvalue weighted by molar-refractivity contribution is 0.102. The van der Waals surface area contributed by atoms with Crippen molar-refractivity contribution >= 4 is 17.5 Å². The van der Waals surface area contributed by atoms with Crippen molar-refractivity contribution < 1.29 is 9.90 Å². The molecule has 0 unspecified atom stereocenters. The van der Waals surface area contributed by atoms with E-state index >= 15 is 0 Å². The number of nitrogens with zero attached hydrogens (tertiary/aromatic N) is 3. The summed E-state index contributed by atoms with van der Waals surface area (Å²) in [4.78, 5) is 16.5. The molecule has 1 amide bonds. The topological polar surface area (TPSA) is 79.5 Å². The van der Waals surface area contributed by atoms with E-state index in [1.807, 2.05) is 36.5 Å². The van der Waals surface area contributed by atoms with Crippen LogP contribution in [0.15, 0.2) is 72.9 Å². The minimum absolute atomic E-state index is 0.219. The smallest absolute Gasteiger partial charge is 0.258 e. The van der Waals surface area contributed by atoms with Crippen LogP contribution in [0, 0.1) is 0 Å². The molecule has 2 aromatic heterocycles. The molecule has 0 spiro atoms. The first-order chi connectivity index (χ1) is 12.2. The van der Waals surface area contributed by atoms with Gasteiger partial charge in [0.25, 0.3) is 5.91 Å². The van der Waals surface area contributed by atoms with E-state index in [1.165, 1.54) is 0 Å². The molecule has 6 heteroatoms. The van der Waals surface area contributed by atoms with Crippen molar-refractivity contribution in [1.82, 2.24) is 14.6 Å². The number of aromatic nitrogens is 3. The van der Waals surface area contributed by atoms with E-state index < -0.39 is 0 Å². The Kier molecular flexibility index (Phi) is 3.63. The number of hydrogen-bond acceptors (Lipinski definition) is 4. The van der Waals surface area contributed by atoms with Crippen LogP contribution in [-0.4, -0.2) is 25.6 Å². The highest BCUT2D eigenvalue weighted by atomic mass is 16.3. The molecular weight excluding hydrogens is 316 g/mol. The van der Waals surface area contributed by atoms with Crippen LogP contribution in [0.3, 0.4) is 0 Å². The number of nitrogens with one attached hydrogen (secondary N) is 1. The van der Waals surface area contributed by atoms with Crippen molar-refractivity contribution in [2.24, 2.45) is 0 Å². The lowest BCUT2D eigenvalue weighted by Crippen LogP contribution is -2.12. The molecule has 25 heavy (non-hydrogen) atoms. The number of phenols is 1. The summed E-state index contributed by atoms with van der Waals surface area (Å²) in [6.45, 7) is 0. The van der Waals surface area contributed by atoms with Gasteiger partial charge in [0, 0.05) is 17.3 Å². The Morgan fingerprint density at radius 3 is 2.40 bits per heavy atom. The summed E-state index contributed by atoms with van der Waals surface area (Å²) in [5, 5.41) is 16.4. The molecule has 0 saturated heterocycles. The molecule has 6 nitrogen and oxygen atoms in total. The summed E-state index contributed by atoms with van der Waals surface area (Å²) < 4.78 is 1.61. The molecule has 122 valence electrons. The molecule has 2 N–H and O–H groups in total. The maximum Gasteiger partial charge on any atom is 0.258 e. The van der Waals surface area contributed by atoms with Crippen molar-refractivity contribution in [1.29, 1.82) is 0 Å². The summed E-state index contributed by atoms with van der Waals surface area (Å²) in [5.74, 6) is 0.212. The van der Waals surface area contributed by atoms with Gasteiger partial charge in [0.15, 0.2) is 5.65 Å². The van der Waals surface area contributed by atoms with Gasteiger partial charge in [-0.1, -0.05) is 30.3 Å². The maximum absolute atomic E-state index is 12.2. The number of fused-ring (bicyclic) bond motifs is 1. The summed E-state index contributed by atoms with van der Waals surface area (Å²) in [6, 6.07) is 19.6. The van der Waals surface area contributed by atoms with Crippen LogP contribution >= 0.6 is 0 Å². The molecule has 0 saturated carbocycles. The number of anilines is 1. The van der Waals surface area contributed by atoms with Gasteiger partial charge in [-0.3, -0.25) is 10.1 Å². The zero-order chi connectivity index (χ0) is 17.2. The van der Waals surface area contributed by atoms with Gasteiger partial charge in [-0.2, -0.15) is 4.98 Å². The summed E-state index contributed by atoms with van der Waals surface area (Å²) in [5.41, 5.74) is 3.06. The first-order valence-electron chi connectivity index (χ1n) is 7.71. The lowest BCUT2D eigenvalue weighted by atomic mass is 10.1. The fraction of sp³-hybridized carbons (Fsp3) is 0. The molecule has 0 atom stereocenters. The van der Waals surface area contributed by atoms with E-state index in [9.17, 15) is 9.90 Å². The molecule has 0 aliphatic carbocycles. The average Bonchev–Trinajstić information content (AvgIpc) is 3.04. The molecule has 0 aliphatic rings. The van der Waals surface area contributed by atoms with Crippen LogP contribution in [-0.2, 0) is 0 Å². The standard InChI is InChI=1S/C19H14N4O2/c24-16-9-6-13(7-10-16)15-8-11-17-20-19(22-23(17)12-15)21-18(25)14-4-2-1-3-5-14/h1-12,24H,(H,21,22,25). The van der Waals surface area contributed by atoms with Crippen LogP contribution in [0.25, 0.3) is 16.8 Å². The predicted octanol–water partition coefficient (Wildman–Crippen LogP) is 3.35. The Bertz CT molecular complexity index is 1040. The first-order valence-corrected chi connectivity index (χ1v) is 7.71. The van der Waals surface area contributed by atoms with E-state index in [4.69, 9.17) is 0 Å². The number of rotatable bonds is 3. The summed E-state index contributed by atoms with van der Waals surface area (Å²) in [6.07, 6.45) is 1.83. The SMILES string of the molecule is O=C(Nc1nc2ccc(-c3ccc(O)cc3)cn2n1)c1ccccc1. The van der Waals surface area contributed by atoms with Gasteiger partial charge in [0.1, 0.15) is 5.75 Å². The zero-order valence-corrected chi connectivity index (χ0v) is 13.1. The van der Waals surface area contributed by atoms with Crippen LogP contribution in [0.2, 0.25) is 0 Å². The Morgan fingerprint density at radius 2 is 1.64 bits per heavy atom. The normalized spacial score (nSPS) is 10.7. The minimum Gasteiger partial charge on any atom is -0.508 e. The van der Waals surface area contributed by atoms with Crippen molar-refractivity contribution in [3.63, 3.8) is 0 Å². The summed E-state index contributed by atoms with van der Waals surface area (Å²) >= 11 is 0. The minimum atomic E-state index is -0.254. The Morgan fingerprint density at radius 1 is 0.920 bits per heavy atom. The third-order valence-electron chi connectivity index (χ3n) is 3.79. The van der Waals surface area contributed by atoms with Crippen molar-refractivity contribution in [3.05, 3.63) is 78.5 Å². The Balaban J connectivity index is 1.62. The molecule has 2 heterocycles. The molecular formula is C19H14N4O2. The third kappa shape index (κ3) is 3.05. The number of hydrogen-bond donors (Lipinski definition) is 2. The van der Waals surface area contributed by atoms with E-state index in [0.29, 0.717) is 11.2 Å².